The van der Waals surface area contributed by atoms with Crippen LogP contribution in [0.4, 0.5) is 5.95 Å². The molecule has 1 atom stereocenters. The summed E-state index contributed by atoms with van der Waals surface area (Å²) < 4.78 is 0. The second kappa shape index (κ2) is 6.98. The van der Waals surface area contributed by atoms with Gasteiger partial charge in [-0.25, -0.2) is 9.97 Å². The molecule has 1 amide bonds. The number of hydrogen-bond donors (Lipinski definition) is 1. The number of aryl methyl sites for hydroxylation is 1. The molecular weight excluding hydrogens is 278 g/mol. The lowest BCUT2D eigenvalue weighted by molar-refractivity contribution is 0.0938. The zero-order chi connectivity index (χ0) is 16.1. The van der Waals surface area contributed by atoms with Gasteiger partial charge in [-0.15, -0.1) is 0 Å². The van der Waals surface area contributed by atoms with E-state index in [4.69, 9.17) is 0 Å². The Balaban J connectivity index is 2.02. The number of carbonyl (C=O) groups excluding carboxylic acids is 1. The topological polar surface area (TPSA) is 71.0 Å². The lowest BCUT2D eigenvalue weighted by Crippen LogP contribution is -2.35. The highest BCUT2D eigenvalue weighted by Gasteiger charge is 2.15. The van der Waals surface area contributed by atoms with Crippen molar-refractivity contribution in [3.8, 4) is 0 Å². The molecule has 0 saturated heterocycles. The van der Waals surface area contributed by atoms with E-state index in [-0.39, 0.29) is 11.9 Å². The largest absolute Gasteiger partial charge is 0.349 e. The van der Waals surface area contributed by atoms with Crippen LogP contribution >= 0.6 is 0 Å². The summed E-state index contributed by atoms with van der Waals surface area (Å²) in [4.78, 5) is 26.9. The smallest absolute Gasteiger partial charge is 0.254 e. The summed E-state index contributed by atoms with van der Waals surface area (Å²) in [5.41, 5.74) is 2.12. The number of hydrogen-bond acceptors (Lipinski definition) is 5. The van der Waals surface area contributed by atoms with E-state index >= 15 is 0 Å². The summed E-state index contributed by atoms with van der Waals surface area (Å²) >= 11 is 0. The Morgan fingerprint density at radius 2 is 2.09 bits per heavy atom. The van der Waals surface area contributed by atoms with Crippen LogP contribution in [0.25, 0.3) is 0 Å². The highest BCUT2D eigenvalue weighted by molar-refractivity contribution is 5.95. The second-order valence-electron chi connectivity index (χ2n) is 5.46. The molecule has 0 spiro atoms. The van der Waals surface area contributed by atoms with Crippen molar-refractivity contribution in [2.24, 2.45) is 0 Å². The van der Waals surface area contributed by atoms with E-state index in [1.54, 1.807) is 17.3 Å². The van der Waals surface area contributed by atoms with Crippen molar-refractivity contribution in [1.29, 1.82) is 0 Å². The molecule has 116 valence electrons. The van der Waals surface area contributed by atoms with Gasteiger partial charge in [0.05, 0.1) is 11.3 Å². The third-order valence-corrected chi connectivity index (χ3v) is 3.23. The fraction of sp³-hybridized carbons (Fsp3) is 0.375. The highest BCUT2D eigenvalue weighted by Crippen LogP contribution is 2.09. The molecule has 2 heterocycles. The van der Waals surface area contributed by atoms with Gasteiger partial charge in [-0.05, 0) is 26.0 Å². The molecule has 22 heavy (non-hydrogen) atoms. The number of nitrogens with one attached hydrogen (secondary N) is 1. The Kier molecular flexibility index (Phi) is 5.04. The summed E-state index contributed by atoms with van der Waals surface area (Å²) in [5.74, 6) is 0.432. The number of rotatable bonds is 5. The summed E-state index contributed by atoms with van der Waals surface area (Å²) in [7, 11) is 3.73. The van der Waals surface area contributed by atoms with Gasteiger partial charge in [-0.1, -0.05) is 6.07 Å². The quantitative estimate of drug-likeness (QED) is 0.908. The van der Waals surface area contributed by atoms with Crippen LogP contribution in [0.1, 0.15) is 28.7 Å². The van der Waals surface area contributed by atoms with Gasteiger partial charge >= 0.3 is 0 Å². The number of amides is 1. The van der Waals surface area contributed by atoms with E-state index < -0.39 is 0 Å². The average Bonchev–Trinajstić information content (AvgIpc) is 2.47. The minimum Gasteiger partial charge on any atom is -0.349 e. The molecular formula is C16H21N5O. The van der Waals surface area contributed by atoms with Crippen molar-refractivity contribution < 1.29 is 4.79 Å². The van der Waals surface area contributed by atoms with Gasteiger partial charge in [0, 0.05) is 44.6 Å². The molecule has 2 aromatic heterocycles. The highest BCUT2D eigenvalue weighted by atomic mass is 16.1. The molecule has 0 aliphatic carbocycles. The Morgan fingerprint density at radius 3 is 2.68 bits per heavy atom. The van der Waals surface area contributed by atoms with Crippen molar-refractivity contribution in [1.82, 2.24) is 20.3 Å². The van der Waals surface area contributed by atoms with Crippen molar-refractivity contribution in [2.75, 3.05) is 19.0 Å². The van der Waals surface area contributed by atoms with Crippen LogP contribution in [0.3, 0.4) is 0 Å². The van der Waals surface area contributed by atoms with Gasteiger partial charge in [0.15, 0.2) is 0 Å². The van der Waals surface area contributed by atoms with Crippen LogP contribution in [0.5, 0.6) is 0 Å². The lowest BCUT2D eigenvalue weighted by atomic mass is 10.1. The normalized spacial score (nSPS) is 11.8. The molecule has 0 aliphatic heterocycles. The maximum absolute atomic E-state index is 12.3. The van der Waals surface area contributed by atoms with E-state index in [0.717, 1.165) is 5.69 Å². The molecule has 6 heteroatoms. The first kappa shape index (κ1) is 15.9. The minimum absolute atomic E-state index is 0.0182. The molecule has 0 aliphatic rings. The van der Waals surface area contributed by atoms with Gasteiger partial charge in [-0.2, -0.15) is 0 Å². The molecule has 2 rings (SSSR count). The van der Waals surface area contributed by atoms with Crippen LogP contribution < -0.4 is 10.2 Å². The van der Waals surface area contributed by atoms with E-state index in [0.29, 0.717) is 23.6 Å². The van der Waals surface area contributed by atoms with Crippen molar-refractivity contribution in [3.05, 3.63) is 47.5 Å². The minimum atomic E-state index is -0.161. The van der Waals surface area contributed by atoms with Crippen molar-refractivity contribution >= 4 is 11.9 Å². The Morgan fingerprint density at radius 1 is 1.32 bits per heavy atom. The maximum Gasteiger partial charge on any atom is 0.254 e. The Bertz CT molecular complexity index is 642. The monoisotopic (exact) mass is 299 g/mol. The van der Waals surface area contributed by atoms with E-state index in [2.05, 4.69) is 20.3 Å². The molecule has 0 saturated carbocycles. The van der Waals surface area contributed by atoms with Gasteiger partial charge < -0.3 is 10.2 Å². The van der Waals surface area contributed by atoms with E-state index in [1.807, 2.05) is 46.1 Å². The van der Waals surface area contributed by atoms with Crippen LogP contribution in [-0.2, 0) is 6.42 Å². The van der Waals surface area contributed by atoms with Gasteiger partial charge in [0.25, 0.3) is 5.91 Å². The van der Waals surface area contributed by atoms with Gasteiger partial charge in [0.2, 0.25) is 5.95 Å². The third kappa shape index (κ3) is 4.00. The van der Waals surface area contributed by atoms with E-state index in [1.165, 1.54) is 0 Å². The third-order valence-electron chi connectivity index (χ3n) is 3.23. The molecule has 0 radical (unpaired) electrons. The van der Waals surface area contributed by atoms with Gasteiger partial charge in [0.1, 0.15) is 0 Å². The van der Waals surface area contributed by atoms with Crippen LogP contribution in [-0.4, -0.2) is 41.0 Å². The van der Waals surface area contributed by atoms with Crippen LogP contribution in [0.15, 0.2) is 30.6 Å². The first-order valence-corrected chi connectivity index (χ1v) is 7.19. The summed E-state index contributed by atoms with van der Waals surface area (Å²) in [6.07, 6.45) is 4.00. The predicted molar refractivity (Wildman–Crippen MR) is 86.0 cm³/mol. The number of anilines is 1. The standard InChI is InChI=1S/C16H21N5O/c1-11(9-13-7-5-6-8-17-13)19-15(22)14-10-18-16(21(3)4)20-12(14)2/h5-8,10-11H,9H2,1-4H3,(H,19,22)/t11-/m1/s1. The lowest BCUT2D eigenvalue weighted by Gasteiger charge is -2.15. The molecule has 0 fully saturated rings. The van der Waals surface area contributed by atoms with Crippen LogP contribution in [0, 0.1) is 6.92 Å². The zero-order valence-corrected chi connectivity index (χ0v) is 13.4. The fourth-order valence-electron chi connectivity index (χ4n) is 2.08. The first-order chi connectivity index (χ1) is 10.5. The average molecular weight is 299 g/mol. The number of carbonyl (C=O) groups is 1. The number of pyridine rings is 1. The molecule has 0 bridgehead atoms. The SMILES string of the molecule is Cc1nc(N(C)C)ncc1C(=O)N[C@H](C)Cc1ccccn1. The molecule has 0 aromatic carbocycles. The number of aromatic nitrogens is 3. The number of nitrogens with zero attached hydrogens (tertiary/aromatic N) is 4. The van der Waals surface area contributed by atoms with Gasteiger partial charge in [-0.3, -0.25) is 9.78 Å². The fourth-order valence-corrected chi connectivity index (χ4v) is 2.08. The molecule has 0 unspecified atom stereocenters. The molecule has 2 aromatic rings. The first-order valence-electron chi connectivity index (χ1n) is 7.19. The summed E-state index contributed by atoms with van der Waals surface area (Å²) in [6.45, 7) is 3.77. The maximum atomic E-state index is 12.3. The van der Waals surface area contributed by atoms with Crippen molar-refractivity contribution in [3.63, 3.8) is 0 Å². The Hall–Kier alpha value is -2.50. The predicted octanol–water partition coefficient (Wildman–Crippen LogP) is 1.61. The summed E-state index contributed by atoms with van der Waals surface area (Å²) in [5, 5.41) is 2.96. The van der Waals surface area contributed by atoms with Crippen molar-refractivity contribution in [2.45, 2.75) is 26.3 Å². The summed E-state index contributed by atoms with van der Waals surface area (Å²) in [6, 6.07) is 5.74. The molecule has 6 nitrogen and oxygen atoms in total. The Labute approximate surface area is 130 Å². The second-order valence-corrected chi connectivity index (χ2v) is 5.46. The molecule has 1 N–H and O–H groups in total. The van der Waals surface area contributed by atoms with E-state index in [9.17, 15) is 4.79 Å². The van der Waals surface area contributed by atoms with Crippen LogP contribution in [0.2, 0.25) is 0 Å². The zero-order valence-electron chi connectivity index (χ0n) is 13.4.